The maximum absolute atomic E-state index is 13.8. The van der Waals surface area contributed by atoms with Crippen molar-refractivity contribution in [2.45, 2.75) is 51.1 Å². The molecule has 0 unspecified atom stereocenters. The Balaban J connectivity index is 0.000000784. The monoisotopic (exact) mass is 824 g/mol. The molecule has 0 saturated heterocycles. The number of aromatic nitrogens is 6. The highest BCUT2D eigenvalue weighted by Crippen LogP contribution is 2.34. The van der Waals surface area contributed by atoms with Crippen molar-refractivity contribution in [1.29, 1.82) is 0 Å². The van der Waals surface area contributed by atoms with Gasteiger partial charge in [-0.15, -0.1) is 5.10 Å². The minimum absolute atomic E-state index is 0.187. The molecule has 4 heterocycles. The van der Waals surface area contributed by atoms with E-state index in [4.69, 9.17) is 33.1 Å². The summed E-state index contributed by atoms with van der Waals surface area (Å²) in [4.78, 5) is 56.4. The van der Waals surface area contributed by atoms with Crippen LogP contribution in [0, 0.1) is 5.92 Å². The van der Waals surface area contributed by atoms with Crippen LogP contribution >= 0.6 is 23.2 Å². The van der Waals surface area contributed by atoms with E-state index in [1.807, 2.05) is 11.4 Å². The summed E-state index contributed by atoms with van der Waals surface area (Å²) >= 11 is 12.3. The molecule has 5 aromatic rings. The zero-order chi connectivity index (χ0) is 40.9. The van der Waals surface area contributed by atoms with Crippen molar-refractivity contribution in [3.05, 3.63) is 105 Å². The van der Waals surface area contributed by atoms with Crippen LogP contribution in [0.4, 0.5) is 32.0 Å². The van der Waals surface area contributed by atoms with E-state index in [0.29, 0.717) is 69.2 Å². The van der Waals surface area contributed by atoms with E-state index in [1.54, 1.807) is 49.6 Å². The molecule has 0 spiro atoms. The number of hydrogen-bond donors (Lipinski definition) is 3. The largest absolute Gasteiger partial charge is 0.490 e. The van der Waals surface area contributed by atoms with Gasteiger partial charge in [-0.25, -0.2) is 14.5 Å². The summed E-state index contributed by atoms with van der Waals surface area (Å²) in [5.41, 5.74) is 3.68. The number of halogens is 8. The van der Waals surface area contributed by atoms with Crippen LogP contribution in [-0.2, 0) is 20.9 Å². The molecule has 1 aliphatic heterocycles. The predicted octanol–water partition coefficient (Wildman–Crippen LogP) is 7.02. The zero-order valence-corrected chi connectivity index (χ0v) is 30.2. The molecule has 0 radical (unpaired) electrons. The van der Waals surface area contributed by atoms with Crippen molar-refractivity contribution in [3.8, 4) is 28.1 Å². The maximum Gasteiger partial charge on any atom is 0.490 e. The lowest BCUT2D eigenvalue weighted by atomic mass is 9.93. The van der Waals surface area contributed by atoms with Gasteiger partial charge in [-0.2, -0.15) is 26.3 Å². The van der Waals surface area contributed by atoms with Crippen LogP contribution in [0.1, 0.15) is 43.4 Å². The Kier molecular flexibility index (Phi) is 12.5. The number of fused-ring (bicyclic) bond motifs is 4. The van der Waals surface area contributed by atoms with Gasteiger partial charge in [0, 0.05) is 58.3 Å². The molecule has 0 saturated carbocycles. The Labute approximate surface area is 322 Å². The smallest absolute Gasteiger partial charge is 0.475 e. The van der Waals surface area contributed by atoms with Gasteiger partial charge < -0.3 is 15.7 Å². The lowest BCUT2D eigenvalue weighted by molar-refractivity contribution is -0.192. The van der Waals surface area contributed by atoms with Gasteiger partial charge in [0.2, 0.25) is 5.91 Å². The number of carbonyl (C=O) groups excluding carboxylic acids is 2. The van der Waals surface area contributed by atoms with Crippen molar-refractivity contribution in [3.63, 3.8) is 0 Å². The highest BCUT2D eigenvalue weighted by molar-refractivity contribution is 6.31. The fourth-order valence-corrected chi connectivity index (χ4v) is 5.96. The van der Waals surface area contributed by atoms with Crippen molar-refractivity contribution in [2.75, 3.05) is 5.32 Å². The molecule has 2 aromatic carbocycles. The molecule has 2 bridgehead atoms. The number of carboxylic acid groups (broad SMARTS) is 1. The number of carbonyl (C=O) groups is 3. The number of nitrogens with one attached hydrogen (secondary N) is 2. The topological polar surface area (TPSA) is 174 Å². The van der Waals surface area contributed by atoms with Crippen LogP contribution in [0.15, 0.2) is 78.2 Å². The van der Waals surface area contributed by atoms with E-state index in [2.05, 4.69) is 25.6 Å². The third kappa shape index (κ3) is 10.1. The van der Waals surface area contributed by atoms with Crippen LogP contribution in [0.5, 0.6) is 0 Å². The molecule has 2 atom stereocenters. The highest BCUT2D eigenvalue weighted by atomic mass is 35.5. The van der Waals surface area contributed by atoms with Gasteiger partial charge in [0.05, 0.1) is 29.9 Å². The SMILES string of the molecule is C[C@@H]1CCC[C@H](n2cnc(-c3cc(Cl)ccc3-n3cc(Cl)nn3)cc2=O)c2cncc(c2)-c2ccc(CNC(=O)C(F)(F)F)cc2NC1=O.O=C(O)C(F)(F)F. The van der Waals surface area contributed by atoms with E-state index in [0.717, 1.165) is 0 Å². The fraction of sp³-hybridized carbons (Fsp3) is 0.257. The average Bonchev–Trinajstić information content (AvgIpc) is 3.57. The van der Waals surface area contributed by atoms with Crippen LogP contribution in [0.25, 0.3) is 28.1 Å². The Morgan fingerprint density at radius 1 is 0.964 bits per heavy atom. The molecule has 2 amide bonds. The van der Waals surface area contributed by atoms with Crippen molar-refractivity contribution in [2.24, 2.45) is 5.92 Å². The number of benzene rings is 2. The number of anilines is 1. The first-order chi connectivity index (χ1) is 26.3. The molecule has 6 rings (SSSR count). The second kappa shape index (κ2) is 16.9. The number of amides is 2. The molecule has 21 heteroatoms. The minimum atomic E-state index is -5.08. The van der Waals surface area contributed by atoms with Crippen LogP contribution < -0.4 is 16.2 Å². The molecule has 0 fully saturated rings. The van der Waals surface area contributed by atoms with Crippen molar-refractivity contribution in [1.82, 2.24) is 34.8 Å². The van der Waals surface area contributed by atoms with Gasteiger partial charge in [-0.3, -0.25) is 23.9 Å². The summed E-state index contributed by atoms with van der Waals surface area (Å²) < 4.78 is 73.0. The molecular weight excluding hydrogens is 797 g/mol. The number of aliphatic carboxylic acids is 1. The Bertz CT molecular complexity index is 2330. The zero-order valence-electron chi connectivity index (χ0n) is 28.7. The standard InChI is InChI=1S/C33H27Cl2F3N8O3.C2HF3O2/c1-18-3-2-4-27(45-17-41-25(12-30(45)47)24-11-22(34)6-8-28(24)46-16-29(35)43-44-46)21-10-20(14-39-15-21)23-7-5-19(9-26(23)42-31(18)48)13-40-32(49)33(36,37)38;3-2(4,5)1(6)7/h5-12,14-18,27H,2-4,13H2,1H3,(H,40,49)(H,42,48);(H,6,7)/t18-,27+;/m1./s1. The highest BCUT2D eigenvalue weighted by Gasteiger charge is 2.39. The van der Waals surface area contributed by atoms with E-state index in [1.165, 1.54) is 33.9 Å². The van der Waals surface area contributed by atoms with Gasteiger partial charge in [0.25, 0.3) is 5.56 Å². The summed E-state index contributed by atoms with van der Waals surface area (Å²) in [5, 5.41) is 20.3. The average molecular weight is 826 g/mol. The number of rotatable bonds is 5. The summed E-state index contributed by atoms with van der Waals surface area (Å²) in [6, 6.07) is 12.6. The summed E-state index contributed by atoms with van der Waals surface area (Å²) in [7, 11) is 0. The normalized spacial score (nSPS) is 15.9. The molecule has 3 N–H and O–H groups in total. The van der Waals surface area contributed by atoms with Crippen molar-refractivity contribution < 1.29 is 45.8 Å². The summed E-state index contributed by atoms with van der Waals surface area (Å²) in [6.45, 7) is 1.38. The third-order valence-electron chi connectivity index (χ3n) is 8.43. The van der Waals surface area contributed by atoms with Gasteiger partial charge in [0.1, 0.15) is 0 Å². The first-order valence-corrected chi connectivity index (χ1v) is 17.1. The van der Waals surface area contributed by atoms with Gasteiger partial charge in [0.15, 0.2) is 5.15 Å². The van der Waals surface area contributed by atoms with E-state index in [-0.39, 0.29) is 16.6 Å². The molecule has 1 aliphatic rings. The van der Waals surface area contributed by atoms with Crippen LogP contribution in [-0.4, -0.2) is 64.8 Å². The Hall–Kier alpha value is -5.82. The minimum Gasteiger partial charge on any atom is -0.475 e. The first kappa shape index (κ1) is 41.3. The molecule has 13 nitrogen and oxygen atoms in total. The van der Waals surface area contributed by atoms with Gasteiger partial charge in [-0.1, -0.05) is 53.9 Å². The molecule has 0 aliphatic carbocycles. The lowest BCUT2D eigenvalue weighted by Gasteiger charge is -2.23. The summed E-state index contributed by atoms with van der Waals surface area (Å²) in [6.07, 6.45) is -2.32. The number of hydrogen-bond acceptors (Lipinski definition) is 8. The van der Waals surface area contributed by atoms with E-state index in [9.17, 15) is 40.7 Å². The molecule has 294 valence electrons. The number of alkyl halides is 6. The Morgan fingerprint density at radius 3 is 2.34 bits per heavy atom. The lowest BCUT2D eigenvalue weighted by Crippen LogP contribution is -2.36. The second-order valence-corrected chi connectivity index (χ2v) is 13.2. The molecule has 3 aromatic heterocycles. The van der Waals surface area contributed by atoms with Crippen LogP contribution in [0.3, 0.4) is 0 Å². The van der Waals surface area contributed by atoms with E-state index >= 15 is 0 Å². The predicted molar refractivity (Wildman–Crippen MR) is 190 cm³/mol. The van der Waals surface area contributed by atoms with Gasteiger partial charge >= 0.3 is 24.2 Å². The Morgan fingerprint density at radius 2 is 1.70 bits per heavy atom. The quantitative estimate of drug-likeness (QED) is 0.158. The first-order valence-electron chi connectivity index (χ1n) is 16.3. The van der Waals surface area contributed by atoms with Crippen LogP contribution in [0.2, 0.25) is 10.2 Å². The van der Waals surface area contributed by atoms with E-state index < -0.39 is 42.7 Å². The third-order valence-corrected chi connectivity index (χ3v) is 8.84. The van der Waals surface area contributed by atoms with Gasteiger partial charge in [-0.05, 0) is 54.3 Å². The number of nitrogens with zero attached hydrogens (tertiary/aromatic N) is 6. The number of carboxylic acids is 1. The second-order valence-electron chi connectivity index (χ2n) is 12.4. The fourth-order valence-electron chi connectivity index (χ4n) is 5.66. The summed E-state index contributed by atoms with van der Waals surface area (Å²) in [5.74, 6) is -5.53. The molecule has 56 heavy (non-hydrogen) atoms. The maximum atomic E-state index is 13.8. The molecular formula is C35H28Cl2F6N8O5. The van der Waals surface area contributed by atoms with Crippen molar-refractivity contribution >= 4 is 46.7 Å². The number of pyridine rings is 1.